The van der Waals surface area contributed by atoms with Crippen LogP contribution in [0.15, 0.2) is 18.2 Å². The first-order valence-electron chi connectivity index (χ1n) is 6.32. The Morgan fingerprint density at radius 2 is 2.33 bits per heavy atom. The molecule has 0 saturated carbocycles. The van der Waals surface area contributed by atoms with Crippen LogP contribution in [0.1, 0.15) is 24.8 Å². The summed E-state index contributed by atoms with van der Waals surface area (Å²) in [5.41, 5.74) is 0.399. The van der Waals surface area contributed by atoms with E-state index in [0.717, 1.165) is 25.9 Å². The molecule has 98 valence electrons. The molecule has 2 nitrogen and oxygen atoms in total. The maximum Gasteiger partial charge on any atom is 0.145 e. The van der Waals surface area contributed by atoms with Crippen LogP contribution >= 0.6 is 11.6 Å². The summed E-state index contributed by atoms with van der Waals surface area (Å²) in [7, 11) is 0. The van der Waals surface area contributed by atoms with Gasteiger partial charge in [-0.05, 0) is 43.5 Å². The third-order valence-electron chi connectivity index (χ3n) is 3.33. The van der Waals surface area contributed by atoms with Crippen molar-refractivity contribution in [2.45, 2.75) is 25.7 Å². The Morgan fingerprint density at radius 1 is 1.50 bits per heavy atom. The predicted octanol–water partition coefficient (Wildman–Crippen LogP) is 2.98. The molecule has 1 atom stereocenters. The van der Waals surface area contributed by atoms with E-state index in [-0.39, 0.29) is 17.2 Å². The number of rotatable bonds is 4. The summed E-state index contributed by atoms with van der Waals surface area (Å²) in [4.78, 5) is 11.9. The Morgan fingerprint density at radius 3 is 3.06 bits per heavy atom. The van der Waals surface area contributed by atoms with Crippen LogP contribution in [0, 0.1) is 11.7 Å². The molecular weight excluding hydrogens is 253 g/mol. The molecule has 1 saturated heterocycles. The van der Waals surface area contributed by atoms with E-state index in [0.29, 0.717) is 17.9 Å². The highest BCUT2D eigenvalue weighted by molar-refractivity contribution is 6.30. The van der Waals surface area contributed by atoms with Crippen molar-refractivity contribution < 1.29 is 9.18 Å². The zero-order chi connectivity index (χ0) is 13.0. The highest BCUT2D eigenvalue weighted by Crippen LogP contribution is 2.20. The Hall–Kier alpha value is -0.930. The summed E-state index contributed by atoms with van der Waals surface area (Å²) < 4.78 is 13.6. The van der Waals surface area contributed by atoms with E-state index in [1.165, 1.54) is 6.07 Å². The number of piperidine rings is 1. The fraction of sp³-hybridized carbons (Fsp3) is 0.500. The third kappa shape index (κ3) is 3.53. The summed E-state index contributed by atoms with van der Waals surface area (Å²) in [6.45, 7) is 1.93. The fourth-order valence-corrected chi connectivity index (χ4v) is 2.58. The van der Waals surface area contributed by atoms with Crippen molar-refractivity contribution in [2.24, 2.45) is 5.92 Å². The standard InChI is InChI=1S/C14H17ClFNO/c15-13-5-1-4-11(14(13)16)8-12(18)7-10-3-2-6-17-9-10/h1,4-5,10,17H,2-3,6-9H2. The first-order chi connectivity index (χ1) is 8.66. The molecule has 1 aliphatic heterocycles. The van der Waals surface area contributed by atoms with Gasteiger partial charge >= 0.3 is 0 Å². The minimum absolute atomic E-state index is 0.0830. The largest absolute Gasteiger partial charge is 0.316 e. The van der Waals surface area contributed by atoms with E-state index in [9.17, 15) is 9.18 Å². The van der Waals surface area contributed by atoms with Crippen LogP contribution in [-0.2, 0) is 11.2 Å². The second-order valence-electron chi connectivity index (χ2n) is 4.84. The third-order valence-corrected chi connectivity index (χ3v) is 3.63. The van der Waals surface area contributed by atoms with Gasteiger partial charge in [0.1, 0.15) is 11.6 Å². The summed E-state index contributed by atoms with van der Waals surface area (Å²) in [6, 6.07) is 4.80. The predicted molar refractivity (Wildman–Crippen MR) is 70.3 cm³/mol. The molecule has 0 aliphatic carbocycles. The molecule has 0 bridgehead atoms. The smallest absolute Gasteiger partial charge is 0.145 e. The van der Waals surface area contributed by atoms with E-state index in [4.69, 9.17) is 11.6 Å². The lowest BCUT2D eigenvalue weighted by atomic mass is 9.92. The lowest BCUT2D eigenvalue weighted by molar-refractivity contribution is -0.119. The molecule has 2 rings (SSSR count). The number of nitrogens with one attached hydrogen (secondary N) is 1. The summed E-state index contributed by atoms with van der Waals surface area (Å²) in [5.74, 6) is 0.0210. The van der Waals surface area contributed by atoms with Crippen molar-refractivity contribution in [3.63, 3.8) is 0 Å². The van der Waals surface area contributed by atoms with Crippen molar-refractivity contribution in [2.75, 3.05) is 13.1 Å². The summed E-state index contributed by atoms with van der Waals surface area (Å²) in [5, 5.41) is 3.36. The quantitative estimate of drug-likeness (QED) is 0.910. The van der Waals surface area contributed by atoms with Gasteiger partial charge in [-0.25, -0.2) is 4.39 Å². The minimum Gasteiger partial charge on any atom is -0.316 e. The minimum atomic E-state index is -0.464. The number of benzene rings is 1. The van der Waals surface area contributed by atoms with E-state index in [1.807, 2.05) is 0 Å². The Labute approximate surface area is 112 Å². The fourth-order valence-electron chi connectivity index (χ4n) is 2.39. The second kappa shape index (κ2) is 6.30. The molecule has 0 aromatic heterocycles. The number of halogens is 2. The number of carbonyl (C=O) groups excluding carboxylic acids is 1. The molecule has 0 spiro atoms. The second-order valence-corrected chi connectivity index (χ2v) is 5.25. The highest BCUT2D eigenvalue weighted by atomic mass is 35.5. The number of ketones is 1. The average Bonchev–Trinajstić information content (AvgIpc) is 2.36. The number of Topliss-reactive ketones (excluding diaryl/α,β-unsaturated/α-hetero) is 1. The topological polar surface area (TPSA) is 29.1 Å². The summed E-state index contributed by atoms with van der Waals surface area (Å²) >= 11 is 5.69. The van der Waals surface area contributed by atoms with E-state index < -0.39 is 5.82 Å². The van der Waals surface area contributed by atoms with Gasteiger partial charge in [0, 0.05) is 12.8 Å². The van der Waals surface area contributed by atoms with Gasteiger partial charge in [0.25, 0.3) is 0 Å². The van der Waals surface area contributed by atoms with Crippen molar-refractivity contribution >= 4 is 17.4 Å². The molecule has 1 aliphatic rings. The van der Waals surface area contributed by atoms with Crippen molar-refractivity contribution in [3.8, 4) is 0 Å². The Kier molecular flexibility index (Phi) is 4.72. The van der Waals surface area contributed by atoms with Gasteiger partial charge in [0.05, 0.1) is 5.02 Å². The van der Waals surface area contributed by atoms with E-state index in [2.05, 4.69) is 5.32 Å². The Balaban J connectivity index is 1.92. The molecule has 1 aromatic carbocycles. The molecule has 1 N–H and O–H groups in total. The van der Waals surface area contributed by atoms with Gasteiger partial charge in [0.2, 0.25) is 0 Å². The van der Waals surface area contributed by atoms with Crippen molar-refractivity contribution in [1.82, 2.24) is 5.32 Å². The molecular formula is C14H17ClFNO. The van der Waals surface area contributed by atoms with Crippen LogP contribution < -0.4 is 5.32 Å². The normalized spacial score (nSPS) is 19.8. The molecule has 1 fully saturated rings. The SMILES string of the molecule is O=C(Cc1cccc(Cl)c1F)CC1CCCNC1. The number of hydrogen-bond acceptors (Lipinski definition) is 2. The number of hydrogen-bond donors (Lipinski definition) is 1. The summed E-state index contributed by atoms with van der Waals surface area (Å²) in [6.07, 6.45) is 2.86. The van der Waals surface area contributed by atoms with Gasteiger partial charge in [-0.15, -0.1) is 0 Å². The molecule has 1 aromatic rings. The van der Waals surface area contributed by atoms with Gasteiger partial charge < -0.3 is 5.32 Å². The first-order valence-corrected chi connectivity index (χ1v) is 6.70. The molecule has 0 radical (unpaired) electrons. The zero-order valence-electron chi connectivity index (χ0n) is 10.2. The molecule has 1 heterocycles. The van der Waals surface area contributed by atoms with Crippen LogP contribution in [-0.4, -0.2) is 18.9 Å². The van der Waals surface area contributed by atoms with Crippen LogP contribution in [0.4, 0.5) is 4.39 Å². The lowest BCUT2D eigenvalue weighted by Gasteiger charge is -2.21. The van der Waals surface area contributed by atoms with Gasteiger partial charge in [-0.1, -0.05) is 23.7 Å². The number of carbonyl (C=O) groups is 1. The van der Waals surface area contributed by atoms with Gasteiger partial charge in [0.15, 0.2) is 0 Å². The van der Waals surface area contributed by atoms with Gasteiger partial charge in [-0.3, -0.25) is 4.79 Å². The van der Waals surface area contributed by atoms with Crippen LogP contribution in [0.2, 0.25) is 5.02 Å². The van der Waals surface area contributed by atoms with Crippen LogP contribution in [0.3, 0.4) is 0 Å². The van der Waals surface area contributed by atoms with E-state index >= 15 is 0 Å². The lowest BCUT2D eigenvalue weighted by Crippen LogP contribution is -2.31. The van der Waals surface area contributed by atoms with E-state index in [1.54, 1.807) is 12.1 Å². The Bertz CT molecular complexity index is 430. The maximum atomic E-state index is 13.6. The highest BCUT2D eigenvalue weighted by Gasteiger charge is 2.18. The molecule has 18 heavy (non-hydrogen) atoms. The molecule has 1 unspecified atom stereocenters. The molecule has 4 heteroatoms. The van der Waals surface area contributed by atoms with Crippen LogP contribution in [0.5, 0.6) is 0 Å². The van der Waals surface area contributed by atoms with Gasteiger partial charge in [-0.2, -0.15) is 0 Å². The first kappa shape index (κ1) is 13.5. The van der Waals surface area contributed by atoms with Crippen LogP contribution in [0.25, 0.3) is 0 Å². The van der Waals surface area contributed by atoms with Crippen molar-refractivity contribution in [3.05, 3.63) is 34.6 Å². The zero-order valence-corrected chi connectivity index (χ0v) is 11.0. The maximum absolute atomic E-state index is 13.6. The van der Waals surface area contributed by atoms with Crippen molar-refractivity contribution in [1.29, 1.82) is 0 Å². The average molecular weight is 270 g/mol. The monoisotopic (exact) mass is 269 g/mol. The molecule has 0 amide bonds.